The molecule has 1 N–H and O–H groups in total. The van der Waals surface area contributed by atoms with Crippen LogP contribution >= 0.6 is 57.3 Å². The molecule has 0 fully saturated rings. The summed E-state index contributed by atoms with van der Waals surface area (Å²) in [6.07, 6.45) is 0. The van der Waals surface area contributed by atoms with E-state index in [2.05, 4.69) is 185 Å². The van der Waals surface area contributed by atoms with Crippen molar-refractivity contribution < 1.29 is 0 Å². The minimum absolute atomic E-state index is 0.320. The Bertz CT molecular complexity index is 2360. The average Bonchev–Trinajstić information content (AvgIpc) is 3.51. The van der Waals surface area contributed by atoms with Gasteiger partial charge in [0.15, 0.2) is 0 Å². The number of nitrogens with one attached hydrogen (secondary N) is 1. The molecule has 10 heteroatoms. The highest BCUT2D eigenvalue weighted by Crippen LogP contribution is 2.74. The highest BCUT2D eigenvalue weighted by Gasteiger charge is 2.39. The lowest BCUT2D eigenvalue weighted by atomic mass is 10.2. The van der Waals surface area contributed by atoms with Crippen molar-refractivity contribution in [1.82, 2.24) is 0 Å². The van der Waals surface area contributed by atoms with E-state index < -0.39 is 5.39 Å². The fourth-order valence-corrected chi connectivity index (χ4v) is 17.6. The van der Waals surface area contributed by atoms with Crippen LogP contribution in [0.1, 0.15) is 0 Å². The second kappa shape index (κ2) is 16.3. The summed E-state index contributed by atoms with van der Waals surface area (Å²) in [4.78, 5) is 3.39. The van der Waals surface area contributed by atoms with E-state index in [0.717, 1.165) is 33.3 Å². The topological polar surface area (TPSA) is 18.5 Å². The van der Waals surface area contributed by atoms with Crippen molar-refractivity contribution in [3.05, 3.63) is 182 Å². The van der Waals surface area contributed by atoms with Crippen LogP contribution in [0.15, 0.2) is 197 Å². The Labute approximate surface area is 328 Å². The molecule has 3 atom stereocenters. The molecule has 8 rings (SSSR count). The fraction of sp³-hybridized carbons (Fsp3) is 0. The van der Waals surface area contributed by atoms with Gasteiger partial charge in [0.25, 0.3) is 0 Å². The van der Waals surface area contributed by atoms with Crippen molar-refractivity contribution >= 4 is 119 Å². The van der Waals surface area contributed by atoms with Crippen molar-refractivity contribution in [3.63, 3.8) is 0 Å². The summed E-state index contributed by atoms with van der Waals surface area (Å²) in [6, 6.07) is 64.4. The maximum atomic E-state index is 6.92. The molecule has 1 aliphatic heterocycles. The number of anilines is 6. The minimum atomic E-state index is -2.40. The fourth-order valence-electron chi connectivity index (χ4n) is 6.02. The Balaban J connectivity index is 1.22. The summed E-state index contributed by atoms with van der Waals surface area (Å²) < 4.78 is 4.84. The molecule has 0 aromatic heterocycles. The number of fused-ring (bicyclic) bond motifs is 1. The van der Waals surface area contributed by atoms with Crippen LogP contribution in [0.3, 0.4) is 0 Å². The number of hydrogen-bond acceptors (Lipinski definition) is 6. The summed E-state index contributed by atoms with van der Waals surface area (Å²) in [5.41, 5.74) is 6.70. The average molecular weight is 802 g/mol. The van der Waals surface area contributed by atoms with Crippen LogP contribution in [0.5, 0.6) is 0 Å². The first-order valence-corrected chi connectivity index (χ1v) is 24.8. The quantitative estimate of drug-likeness (QED) is 0.0995. The van der Waals surface area contributed by atoms with E-state index in [4.69, 9.17) is 24.4 Å². The van der Waals surface area contributed by atoms with E-state index in [1.807, 2.05) is 34.9 Å². The number of nitrogens with zero attached hydrogens (tertiary/aromatic N) is 2. The highest BCUT2D eigenvalue weighted by molar-refractivity contribution is 8.74. The third-order valence-electron chi connectivity index (χ3n) is 8.42. The van der Waals surface area contributed by atoms with Crippen LogP contribution < -0.4 is 30.6 Å². The predicted octanol–water partition coefficient (Wildman–Crippen LogP) is 12.7. The van der Waals surface area contributed by atoms with Gasteiger partial charge in [0.05, 0.1) is 17.1 Å². The number of benzene rings is 7. The van der Waals surface area contributed by atoms with Gasteiger partial charge in [-0.15, -0.1) is 12.6 Å². The first-order chi connectivity index (χ1) is 25.5. The van der Waals surface area contributed by atoms with Gasteiger partial charge in [-0.1, -0.05) is 126 Å². The first-order valence-electron chi connectivity index (χ1n) is 16.7. The molecule has 0 saturated carbocycles. The van der Waals surface area contributed by atoms with Crippen LogP contribution in [-0.4, -0.2) is 0 Å². The molecule has 0 saturated heterocycles. The van der Waals surface area contributed by atoms with Crippen LogP contribution in [0.2, 0.25) is 0 Å². The maximum absolute atomic E-state index is 6.92. The summed E-state index contributed by atoms with van der Waals surface area (Å²) in [5, 5.41) is 4.96. The van der Waals surface area contributed by atoms with E-state index in [1.165, 1.54) is 31.4 Å². The van der Waals surface area contributed by atoms with Gasteiger partial charge in [0.2, 0.25) is 0 Å². The SMILES string of the molecule is S=P1(c2cc(PSc3ccccc3Nc3ccccc3)cc(PN(c3ccccc3)c3ccccc3S)c2)Sc2ccccc2N1c1ccccc1. The molecule has 0 radical (unpaired) electrons. The molecule has 3 unspecified atom stereocenters. The van der Waals surface area contributed by atoms with E-state index in [1.54, 1.807) is 0 Å². The number of para-hydroxylation sites is 6. The predicted molar refractivity (Wildman–Crippen MR) is 241 cm³/mol. The van der Waals surface area contributed by atoms with E-state index in [9.17, 15) is 0 Å². The van der Waals surface area contributed by atoms with Gasteiger partial charge in [0.1, 0.15) is 5.39 Å². The summed E-state index contributed by atoms with van der Waals surface area (Å²) >= 11 is 15.6. The Hall–Kier alpha value is -3.50. The Kier molecular flexibility index (Phi) is 11.1. The molecule has 0 aliphatic carbocycles. The third kappa shape index (κ3) is 7.74. The third-order valence-corrected chi connectivity index (χ3v) is 19.9. The largest absolute Gasteiger partial charge is 0.355 e. The Morgan fingerprint density at radius 1 is 0.673 bits per heavy atom. The van der Waals surface area contributed by atoms with Crippen LogP contribution in [0.4, 0.5) is 34.1 Å². The normalized spacial score (nSPS) is 15.4. The van der Waals surface area contributed by atoms with E-state index in [0.29, 0.717) is 16.5 Å². The van der Waals surface area contributed by atoms with Crippen molar-refractivity contribution in [2.75, 3.05) is 14.7 Å². The summed E-state index contributed by atoms with van der Waals surface area (Å²) in [6.45, 7) is 0. The standard InChI is InChI=1S/C42H34N3P3S4/c49-40-25-13-11-23-38(40)44(32-18-6-2-7-19-32)46-34-28-35(47-51-41-26-14-10-22-37(41)43-31-16-4-1-5-17-31)30-36(29-34)48(50)45(33-20-8-3-9-21-33)39-24-12-15-27-42(39)52-48/h1-30,43,46-47,49H. The number of rotatable bonds is 11. The van der Waals surface area contributed by atoms with Crippen molar-refractivity contribution in [3.8, 4) is 0 Å². The second-order valence-electron chi connectivity index (χ2n) is 12.0. The molecule has 1 aliphatic rings. The van der Waals surface area contributed by atoms with Crippen LogP contribution in [-0.2, 0) is 11.8 Å². The molecular weight excluding hydrogens is 768 g/mol. The lowest BCUT2D eigenvalue weighted by Gasteiger charge is -2.31. The Morgan fingerprint density at radius 3 is 2.10 bits per heavy atom. The molecule has 7 aromatic rings. The minimum Gasteiger partial charge on any atom is -0.355 e. The molecule has 1 heterocycles. The summed E-state index contributed by atoms with van der Waals surface area (Å²) in [5.74, 6) is 0. The van der Waals surface area contributed by atoms with Crippen molar-refractivity contribution in [1.29, 1.82) is 0 Å². The molecule has 256 valence electrons. The first kappa shape index (κ1) is 35.5. The van der Waals surface area contributed by atoms with Gasteiger partial charge in [-0.05, 0) is 109 Å². The molecular formula is C42H34N3P3S4. The van der Waals surface area contributed by atoms with Gasteiger partial charge < -0.3 is 9.99 Å². The monoisotopic (exact) mass is 801 g/mol. The molecule has 3 nitrogen and oxygen atoms in total. The van der Waals surface area contributed by atoms with Gasteiger partial charge in [-0.25, -0.2) is 0 Å². The van der Waals surface area contributed by atoms with Gasteiger partial charge in [0, 0.05) is 45.8 Å². The molecule has 0 bridgehead atoms. The number of hydrogen-bond donors (Lipinski definition) is 2. The molecule has 0 amide bonds. The van der Waals surface area contributed by atoms with Gasteiger partial charge in [-0.3, -0.25) is 4.67 Å². The van der Waals surface area contributed by atoms with Crippen LogP contribution in [0.25, 0.3) is 0 Å². The summed E-state index contributed by atoms with van der Waals surface area (Å²) in [7, 11) is 0.791. The van der Waals surface area contributed by atoms with Crippen LogP contribution in [0, 0.1) is 0 Å². The van der Waals surface area contributed by atoms with Crippen molar-refractivity contribution in [2.45, 2.75) is 14.7 Å². The maximum Gasteiger partial charge on any atom is 0.127 e. The zero-order valence-electron chi connectivity index (χ0n) is 27.8. The number of thiol groups is 1. The van der Waals surface area contributed by atoms with Crippen molar-refractivity contribution in [2.24, 2.45) is 0 Å². The lowest BCUT2D eigenvalue weighted by Crippen LogP contribution is -2.23. The Morgan fingerprint density at radius 2 is 1.31 bits per heavy atom. The lowest BCUT2D eigenvalue weighted by molar-refractivity contribution is 1.34. The molecule has 7 aromatic carbocycles. The molecule has 0 spiro atoms. The van der Waals surface area contributed by atoms with E-state index >= 15 is 0 Å². The highest BCUT2D eigenvalue weighted by atomic mass is 32.9. The molecule has 52 heavy (non-hydrogen) atoms. The van der Waals surface area contributed by atoms with E-state index in [-0.39, 0.29) is 0 Å². The van der Waals surface area contributed by atoms with Gasteiger partial charge >= 0.3 is 0 Å². The zero-order valence-corrected chi connectivity index (χ0v) is 34.1. The second-order valence-corrected chi connectivity index (χ2v) is 23.3. The van der Waals surface area contributed by atoms with Gasteiger partial charge in [-0.2, -0.15) is 0 Å². The smallest absolute Gasteiger partial charge is 0.127 e. The zero-order chi connectivity index (χ0) is 35.3.